The van der Waals surface area contributed by atoms with Crippen molar-refractivity contribution in [2.75, 3.05) is 0 Å². The number of hydrogen-bond acceptors (Lipinski definition) is 2. The number of hydrogen-bond donors (Lipinski definition) is 0. The van der Waals surface area contributed by atoms with Gasteiger partial charge in [-0.25, -0.2) is 8.78 Å². The molecule has 29 heavy (non-hydrogen) atoms. The zero-order chi connectivity index (χ0) is 20.7. The molecule has 0 saturated heterocycles. The molecule has 0 amide bonds. The van der Waals surface area contributed by atoms with E-state index in [9.17, 15) is 18.8 Å². The molecule has 0 aliphatic carbocycles. The van der Waals surface area contributed by atoms with Crippen LogP contribution in [-0.2, 0) is 4.79 Å². The van der Waals surface area contributed by atoms with E-state index in [-0.39, 0.29) is 11.7 Å². The Kier molecular flexibility index (Phi) is 6.75. The number of halogens is 2. The van der Waals surface area contributed by atoms with Crippen LogP contribution in [0.4, 0.5) is 8.78 Å². The molecule has 0 unspecified atom stereocenters. The summed E-state index contributed by atoms with van der Waals surface area (Å²) in [6.07, 6.45) is -3.49. The van der Waals surface area contributed by atoms with Gasteiger partial charge in [-0.3, -0.25) is 4.79 Å². The number of nitriles is 1. The summed E-state index contributed by atoms with van der Waals surface area (Å²) in [4.78, 5) is 13.1. The number of rotatable bonds is 7. The molecule has 0 spiro atoms. The Bertz CT molecular complexity index is 955. The molecule has 5 heteroatoms. The molecule has 0 aliphatic rings. The maximum absolute atomic E-state index is 13.1. The third-order valence-electron chi connectivity index (χ3n) is 4.73. The second-order valence-electron chi connectivity index (χ2n) is 6.49. The van der Waals surface area contributed by atoms with Crippen molar-refractivity contribution < 1.29 is 13.6 Å². The van der Waals surface area contributed by atoms with Gasteiger partial charge in [0.15, 0.2) is 5.78 Å². The van der Waals surface area contributed by atoms with Crippen LogP contribution in [0.25, 0.3) is 0 Å². The zero-order valence-electron chi connectivity index (χ0n) is 15.7. The van der Waals surface area contributed by atoms with E-state index in [0.29, 0.717) is 0 Å². The van der Waals surface area contributed by atoms with E-state index in [1.807, 2.05) is 91.0 Å². The molecule has 0 bridgehead atoms. The maximum Gasteiger partial charge on any atom is 0.239 e. The third kappa shape index (κ3) is 4.21. The second kappa shape index (κ2) is 9.45. The summed E-state index contributed by atoms with van der Waals surface area (Å²) in [6, 6.07) is 30.4. The fraction of sp³-hybridized carbons (Fsp3) is 0.125. The van der Waals surface area contributed by atoms with E-state index < -0.39 is 25.5 Å². The van der Waals surface area contributed by atoms with Crippen molar-refractivity contribution in [1.82, 2.24) is 0 Å². The average Bonchev–Trinajstić information content (AvgIpc) is 2.77. The smallest absolute Gasteiger partial charge is 0.239 e. The van der Waals surface area contributed by atoms with Gasteiger partial charge in [-0.05, 0) is 22.8 Å². The Morgan fingerprint density at radius 2 is 1.17 bits per heavy atom. The lowest BCUT2D eigenvalue weighted by Gasteiger charge is -2.30. The topological polar surface area (TPSA) is 40.9 Å². The van der Waals surface area contributed by atoms with Crippen LogP contribution in [0.15, 0.2) is 91.0 Å². The third-order valence-corrected chi connectivity index (χ3v) is 8.96. The molecule has 0 aromatic heterocycles. The summed E-state index contributed by atoms with van der Waals surface area (Å²) >= 11 is 0. The summed E-state index contributed by atoms with van der Waals surface area (Å²) in [5.74, 6) is -0.516. The van der Waals surface area contributed by atoms with E-state index in [1.54, 1.807) is 0 Å². The van der Waals surface area contributed by atoms with Crippen molar-refractivity contribution in [3.63, 3.8) is 0 Å². The molecule has 0 heterocycles. The fourth-order valence-electron chi connectivity index (χ4n) is 3.47. The number of benzene rings is 3. The van der Waals surface area contributed by atoms with Crippen molar-refractivity contribution in [2.24, 2.45) is 0 Å². The second-order valence-corrected chi connectivity index (χ2v) is 9.83. The van der Waals surface area contributed by atoms with Crippen LogP contribution >= 0.6 is 6.89 Å². The molecule has 3 rings (SSSR count). The summed E-state index contributed by atoms with van der Waals surface area (Å²) < 4.78 is 25.6. The Balaban J connectivity index is 2.46. The number of nitrogens with zero attached hydrogens (tertiary/aromatic N) is 1. The van der Waals surface area contributed by atoms with Gasteiger partial charge in [-0.2, -0.15) is 5.26 Å². The lowest BCUT2D eigenvalue weighted by Crippen LogP contribution is -2.33. The molecule has 3 aromatic rings. The first-order valence-electron chi connectivity index (χ1n) is 9.25. The summed E-state index contributed by atoms with van der Waals surface area (Å²) in [5.41, 5.74) is 0. The highest BCUT2D eigenvalue weighted by molar-refractivity contribution is 7.96. The fourth-order valence-corrected chi connectivity index (χ4v) is 7.64. The van der Waals surface area contributed by atoms with Crippen LogP contribution in [-0.4, -0.2) is 17.5 Å². The first-order valence-corrected chi connectivity index (χ1v) is 11.0. The van der Waals surface area contributed by atoms with Gasteiger partial charge in [-0.1, -0.05) is 91.0 Å². The van der Waals surface area contributed by atoms with Gasteiger partial charge in [0.1, 0.15) is 11.4 Å². The van der Waals surface area contributed by atoms with Crippen LogP contribution in [0.5, 0.6) is 0 Å². The van der Waals surface area contributed by atoms with Crippen molar-refractivity contribution in [1.29, 1.82) is 5.26 Å². The van der Waals surface area contributed by atoms with E-state index >= 15 is 0 Å². The maximum atomic E-state index is 13.1. The molecule has 0 radical (unpaired) electrons. The lowest BCUT2D eigenvalue weighted by molar-refractivity contribution is -0.113. The van der Waals surface area contributed by atoms with Crippen molar-refractivity contribution in [3.8, 4) is 6.07 Å². The minimum absolute atomic E-state index is 0.0572. The minimum Gasteiger partial charge on any atom is -0.293 e. The van der Waals surface area contributed by atoms with Crippen LogP contribution in [0.3, 0.4) is 0 Å². The molecule has 146 valence electrons. The lowest BCUT2D eigenvalue weighted by atomic mass is 10.2. The molecule has 0 fully saturated rings. The monoisotopic (exact) mass is 407 g/mol. The van der Waals surface area contributed by atoms with Gasteiger partial charge in [-0.15, -0.1) is 0 Å². The molecular weight excluding hydrogens is 387 g/mol. The quantitative estimate of drug-likeness (QED) is 0.549. The van der Waals surface area contributed by atoms with Crippen LogP contribution in [0.1, 0.15) is 12.8 Å². The Hall–Kier alpha value is -3.02. The molecular formula is C24H20F2NOP. The number of Topliss-reactive ketones (excluding diaryl/α,β-unsaturated/α-hetero) is 1. The van der Waals surface area contributed by atoms with Crippen LogP contribution in [0.2, 0.25) is 0 Å². The minimum atomic E-state index is -2.82. The van der Waals surface area contributed by atoms with Crippen molar-refractivity contribution in [3.05, 3.63) is 91.0 Å². The van der Waals surface area contributed by atoms with Crippen molar-refractivity contribution in [2.45, 2.75) is 19.3 Å². The highest BCUT2D eigenvalue weighted by atomic mass is 31.2. The molecule has 2 nitrogen and oxygen atoms in total. The largest absolute Gasteiger partial charge is 0.293 e. The van der Waals surface area contributed by atoms with Gasteiger partial charge in [0.25, 0.3) is 0 Å². The predicted octanol–water partition coefficient (Wildman–Crippen LogP) is 4.29. The van der Waals surface area contributed by atoms with Gasteiger partial charge in [0, 0.05) is 12.8 Å². The predicted molar refractivity (Wildman–Crippen MR) is 116 cm³/mol. The molecule has 3 aromatic carbocycles. The number of alkyl halides is 2. The van der Waals surface area contributed by atoms with E-state index in [0.717, 1.165) is 15.9 Å². The Morgan fingerprint density at radius 1 is 0.793 bits per heavy atom. The Morgan fingerprint density at radius 3 is 1.48 bits per heavy atom. The number of ketones is 1. The van der Waals surface area contributed by atoms with Gasteiger partial charge in [0.2, 0.25) is 6.43 Å². The zero-order valence-corrected chi connectivity index (χ0v) is 16.6. The molecule has 0 atom stereocenters. The van der Waals surface area contributed by atoms with Crippen molar-refractivity contribution >= 4 is 33.9 Å². The summed E-state index contributed by atoms with van der Waals surface area (Å²) in [7, 11) is 0. The Labute approximate surface area is 169 Å². The van der Waals surface area contributed by atoms with Gasteiger partial charge >= 0.3 is 0 Å². The molecule has 0 aliphatic heterocycles. The van der Waals surface area contributed by atoms with Gasteiger partial charge < -0.3 is 0 Å². The highest BCUT2D eigenvalue weighted by Gasteiger charge is 2.33. The van der Waals surface area contributed by atoms with Crippen LogP contribution < -0.4 is 15.9 Å². The number of carbonyl (C=O) groups is 1. The van der Waals surface area contributed by atoms with Crippen LogP contribution in [0, 0.1) is 11.3 Å². The molecule has 0 N–H and O–H groups in total. The summed E-state index contributed by atoms with van der Waals surface area (Å²) in [6.45, 7) is -2.82. The van der Waals surface area contributed by atoms with E-state index in [1.165, 1.54) is 0 Å². The average molecular weight is 407 g/mol. The first kappa shape index (κ1) is 20.7. The standard InChI is InChI=1S/C24H20F2NOP/c25-24(26)17-16-22(28)23(18-27)29(19-10-4-1-5-11-19,20-12-6-2-7-13-20)21-14-8-3-9-15-21/h1-15,24H,16-17H2. The SMILES string of the molecule is N#CC(C(=O)CCC(F)F)=P(c1ccccc1)(c1ccccc1)c1ccccc1. The molecule has 0 saturated carbocycles. The van der Waals surface area contributed by atoms with E-state index in [4.69, 9.17) is 0 Å². The number of carbonyl (C=O) groups excluding carboxylic acids is 1. The summed E-state index contributed by atoms with van der Waals surface area (Å²) in [5, 5.41) is 12.7. The first-order chi connectivity index (χ1) is 14.1. The normalized spacial score (nSPS) is 11.1. The highest BCUT2D eigenvalue weighted by Crippen LogP contribution is 2.46. The van der Waals surface area contributed by atoms with E-state index in [2.05, 4.69) is 6.07 Å². The van der Waals surface area contributed by atoms with Gasteiger partial charge in [0.05, 0.1) is 0 Å².